The van der Waals surface area contributed by atoms with Gasteiger partial charge in [-0.15, -0.1) is 0 Å². The Morgan fingerprint density at radius 3 is 2.48 bits per heavy atom. The molecule has 1 aliphatic heterocycles. The lowest BCUT2D eigenvalue weighted by Crippen LogP contribution is -2.48. The zero-order chi connectivity index (χ0) is 22.6. The fourth-order valence-corrected chi connectivity index (χ4v) is 3.51. The number of carbonyl (C=O) groups excluding carboxylic acids is 2. The van der Waals surface area contributed by atoms with Crippen LogP contribution in [0.15, 0.2) is 34.9 Å². The summed E-state index contributed by atoms with van der Waals surface area (Å²) in [5.41, 5.74) is -0.580. The molecule has 168 valence electrons. The second kappa shape index (κ2) is 9.71. The van der Waals surface area contributed by atoms with Crippen LogP contribution in [-0.4, -0.2) is 61.5 Å². The molecule has 3 rings (SSSR count). The van der Waals surface area contributed by atoms with Crippen LogP contribution in [0.25, 0.3) is 0 Å². The topological polar surface area (TPSA) is 75.0 Å². The smallest absolute Gasteiger partial charge is 0.417 e. The summed E-state index contributed by atoms with van der Waals surface area (Å²) in [7, 11) is 1.30. The molecule has 7 nitrogen and oxygen atoms in total. The van der Waals surface area contributed by atoms with Crippen LogP contribution < -0.4 is 5.32 Å². The monoisotopic (exact) mass is 459 g/mol. The molecule has 0 aliphatic carbocycles. The maximum atomic E-state index is 13.0. The standard InChI is InChI=1S/C20H21ClF3N3O4/c1-30-19(29)14-4-9-31-17(14)11-26-5-7-27(8-6-26)12-18(28)25-13-2-3-16(21)15(10-13)20(22,23)24/h2-4,9-10H,5-8,11-12H2,1H3,(H,25,28). The molecule has 1 saturated heterocycles. The van der Waals surface area contributed by atoms with E-state index in [9.17, 15) is 22.8 Å². The molecule has 1 aromatic heterocycles. The predicted octanol–water partition coefficient (Wildman–Crippen LogP) is 3.49. The average Bonchev–Trinajstić information content (AvgIpc) is 3.17. The number of hydrogen-bond donors (Lipinski definition) is 1. The largest absolute Gasteiger partial charge is 0.467 e. The van der Waals surface area contributed by atoms with Crippen LogP contribution in [0.5, 0.6) is 0 Å². The Morgan fingerprint density at radius 2 is 1.84 bits per heavy atom. The molecule has 31 heavy (non-hydrogen) atoms. The number of methoxy groups -OCH3 is 1. The number of carbonyl (C=O) groups is 2. The van der Waals surface area contributed by atoms with Gasteiger partial charge in [0.1, 0.15) is 11.3 Å². The van der Waals surface area contributed by atoms with Crippen molar-refractivity contribution in [1.29, 1.82) is 0 Å². The number of anilines is 1. The van der Waals surface area contributed by atoms with E-state index in [1.54, 1.807) is 6.07 Å². The Labute approximate surface area is 181 Å². The minimum Gasteiger partial charge on any atom is -0.467 e. The summed E-state index contributed by atoms with van der Waals surface area (Å²) < 4.78 is 49.0. The molecule has 0 atom stereocenters. The molecule has 1 aliphatic rings. The summed E-state index contributed by atoms with van der Waals surface area (Å²) in [6, 6.07) is 4.81. The van der Waals surface area contributed by atoms with Crippen molar-refractivity contribution < 1.29 is 31.9 Å². The highest BCUT2D eigenvalue weighted by Crippen LogP contribution is 2.36. The first-order chi connectivity index (χ1) is 14.7. The van der Waals surface area contributed by atoms with E-state index < -0.39 is 28.6 Å². The summed E-state index contributed by atoms with van der Waals surface area (Å²) in [4.78, 5) is 28.0. The predicted molar refractivity (Wildman–Crippen MR) is 107 cm³/mol. The first-order valence-corrected chi connectivity index (χ1v) is 9.81. The van der Waals surface area contributed by atoms with Crippen LogP contribution in [0.2, 0.25) is 5.02 Å². The van der Waals surface area contributed by atoms with E-state index in [0.29, 0.717) is 44.0 Å². The molecule has 0 saturated carbocycles. The number of rotatable bonds is 6. The van der Waals surface area contributed by atoms with Crippen molar-refractivity contribution in [2.75, 3.05) is 45.2 Å². The second-order valence-electron chi connectivity index (χ2n) is 7.04. The minimum absolute atomic E-state index is 0.0357. The number of piperazine rings is 1. The van der Waals surface area contributed by atoms with Gasteiger partial charge >= 0.3 is 12.1 Å². The number of nitrogens with zero attached hydrogens (tertiary/aromatic N) is 2. The summed E-state index contributed by atoms with van der Waals surface area (Å²) in [5.74, 6) is -0.362. The highest BCUT2D eigenvalue weighted by Gasteiger charge is 2.33. The summed E-state index contributed by atoms with van der Waals surface area (Å²) in [5, 5.41) is 2.06. The Morgan fingerprint density at radius 1 is 1.16 bits per heavy atom. The van der Waals surface area contributed by atoms with Crippen LogP contribution in [-0.2, 0) is 22.3 Å². The number of alkyl halides is 3. The van der Waals surface area contributed by atoms with Gasteiger partial charge in [-0.05, 0) is 24.3 Å². The lowest BCUT2D eigenvalue weighted by Gasteiger charge is -2.33. The number of ether oxygens (including phenoxy) is 1. The van der Waals surface area contributed by atoms with Crippen molar-refractivity contribution in [1.82, 2.24) is 9.80 Å². The van der Waals surface area contributed by atoms with Crippen LogP contribution in [0, 0.1) is 0 Å². The molecule has 0 unspecified atom stereocenters. The molecule has 1 N–H and O–H groups in total. The third-order valence-corrected chi connectivity index (χ3v) is 5.24. The van der Waals surface area contributed by atoms with Crippen molar-refractivity contribution >= 4 is 29.2 Å². The molecule has 0 radical (unpaired) electrons. The Bertz CT molecular complexity index is 940. The molecular formula is C20H21ClF3N3O4. The number of esters is 1. The maximum absolute atomic E-state index is 13.0. The third-order valence-electron chi connectivity index (χ3n) is 4.91. The van der Waals surface area contributed by atoms with Gasteiger partial charge in [-0.25, -0.2) is 4.79 Å². The molecule has 2 heterocycles. The van der Waals surface area contributed by atoms with E-state index in [1.165, 1.54) is 19.4 Å². The van der Waals surface area contributed by atoms with Crippen molar-refractivity contribution in [2.24, 2.45) is 0 Å². The molecular weight excluding hydrogens is 439 g/mol. The maximum Gasteiger partial charge on any atom is 0.417 e. The third kappa shape index (κ3) is 5.99. The average molecular weight is 460 g/mol. The van der Waals surface area contributed by atoms with Crippen LogP contribution in [0.3, 0.4) is 0 Å². The van der Waals surface area contributed by atoms with Gasteiger partial charge in [0.2, 0.25) is 5.91 Å². The molecule has 0 bridgehead atoms. The fraction of sp³-hybridized carbons (Fsp3) is 0.400. The quantitative estimate of drug-likeness (QED) is 0.666. The minimum atomic E-state index is -4.60. The summed E-state index contributed by atoms with van der Waals surface area (Å²) in [6.45, 7) is 2.90. The second-order valence-corrected chi connectivity index (χ2v) is 7.45. The van der Waals surface area contributed by atoms with E-state index in [1.807, 2.05) is 4.90 Å². The van der Waals surface area contributed by atoms with Crippen molar-refractivity contribution in [3.8, 4) is 0 Å². The number of amides is 1. The molecule has 1 aromatic carbocycles. The Hall–Kier alpha value is -2.56. The fourth-order valence-electron chi connectivity index (χ4n) is 3.29. The van der Waals surface area contributed by atoms with E-state index in [-0.39, 0.29) is 12.2 Å². The van der Waals surface area contributed by atoms with Gasteiger partial charge < -0.3 is 14.5 Å². The van der Waals surface area contributed by atoms with Gasteiger partial charge in [0, 0.05) is 31.9 Å². The van der Waals surface area contributed by atoms with Gasteiger partial charge in [0.05, 0.1) is 37.0 Å². The van der Waals surface area contributed by atoms with E-state index >= 15 is 0 Å². The van der Waals surface area contributed by atoms with E-state index in [2.05, 4.69) is 10.2 Å². The van der Waals surface area contributed by atoms with Crippen LogP contribution in [0.1, 0.15) is 21.7 Å². The Kier molecular flexibility index (Phi) is 7.24. The number of furan rings is 1. The zero-order valence-corrected chi connectivity index (χ0v) is 17.4. The summed E-state index contributed by atoms with van der Waals surface area (Å²) in [6.07, 6.45) is -3.17. The molecule has 11 heteroatoms. The van der Waals surface area contributed by atoms with Crippen molar-refractivity contribution in [2.45, 2.75) is 12.7 Å². The van der Waals surface area contributed by atoms with E-state index in [0.717, 1.165) is 12.1 Å². The molecule has 1 amide bonds. The lowest BCUT2D eigenvalue weighted by atomic mass is 10.2. The van der Waals surface area contributed by atoms with Crippen molar-refractivity contribution in [3.63, 3.8) is 0 Å². The van der Waals surface area contributed by atoms with Gasteiger partial charge in [-0.1, -0.05) is 11.6 Å². The van der Waals surface area contributed by atoms with Crippen LogP contribution in [0.4, 0.5) is 18.9 Å². The van der Waals surface area contributed by atoms with Gasteiger partial charge in [0.15, 0.2) is 0 Å². The van der Waals surface area contributed by atoms with Gasteiger partial charge in [0.25, 0.3) is 0 Å². The molecule has 2 aromatic rings. The molecule has 0 spiro atoms. The number of benzene rings is 1. The zero-order valence-electron chi connectivity index (χ0n) is 16.7. The first-order valence-electron chi connectivity index (χ1n) is 9.43. The lowest BCUT2D eigenvalue weighted by molar-refractivity contribution is -0.137. The molecule has 1 fully saturated rings. The number of nitrogens with one attached hydrogen (secondary N) is 1. The number of hydrogen-bond acceptors (Lipinski definition) is 6. The van der Waals surface area contributed by atoms with Gasteiger partial charge in [-0.2, -0.15) is 13.2 Å². The first kappa shape index (κ1) is 23.1. The highest BCUT2D eigenvalue weighted by atomic mass is 35.5. The normalized spacial score (nSPS) is 15.6. The Balaban J connectivity index is 1.50. The van der Waals surface area contributed by atoms with Crippen molar-refractivity contribution in [3.05, 3.63) is 52.4 Å². The summed E-state index contributed by atoms with van der Waals surface area (Å²) >= 11 is 5.59. The van der Waals surface area contributed by atoms with Crippen LogP contribution >= 0.6 is 11.6 Å². The number of halogens is 4. The van der Waals surface area contributed by atoms with E-state index in [4.69, 9.17) is 20.8 Å². The SMILES string of the molecule is COC(=O)c1ccoc1CN1CCN(CC(=O)Nc2ccc(Cl)c(C(F)(F)F)c2)CC1. The van der Waals surface area contributed by atoms with Gasteiger partial charge in [-0.3, -0.25) is 14.6 Å². The highest BCUT2D eigenvalue weighted by molar-refractivity contribution is 6.31.